The summed E-state index contributed by atoms with van der Waals surface area (Å²) >= 11 is 1.59. The van der Waals surface area contributed by atoms with E-state index in [1.807, 2.05) is 42.5 Å². The van der Waals surface area contributed by atoms with Crippen LogP contribution in [0.3, 0.4) is 0 Å². The Morgan fingerprint density at radius 2 is 1.67 bits per heavy atom. The van der Waals surface area contributed by atoms with Gasteiger partial charge in [0, 0.05) is 15.2 Å². The van der Waals surface area contributed by atoms with Crippen LogP contribution in [0.4, 0.5) is 0 Å². The van der Waals surface area contributed by atoms with Gasteiger partial charge in [-0.05, 0) is 74.0 Å². The number of nitrogens with one attached hydrogen (secondary N) is 1. The maximum Gasteiger partial charge on any atom is 0.226 e. The lowest BCUT2D eigenvalue weighted by Gasteiger charge is -2.55. The Morgan fingerprint density at radius 3 is 2.30 bits per heavy atom. The highest BCUT2D eigenvalue weighted by molar-refractivity contribution is 7.12. The highest BCUT2D eigenvalue weighted by Crippen LogP contribution is 2.60. The zero-order valence-corrected chi connectivity index (χ0v) is 16.4. The van der Waals surface area contributed by atoms with Crippen molar-refractivity contribution >= 4 is 17.2 Å². The second-order valence-electron chi connectivity index (χ2n) is 9.00. The number of aliphatic hydroxyl groups excluding tert-OH is 1. The second-order valence-corrected chi connectivity index (χ2v) is 10.2. The van der Waals surface area contributed by atoms with Crippen LogP contribution in [0.25, 0.3) is 0 Å². The fourth-order valence-corrected chi connectivity index (χ4v) is 7.15. The molecule has 2 N–H and O–H groups in total. The van der Waals surface area contributed by atoms with Crippen LogP contribution in [0.15, 0.2) is 42.5 Å². The molecule has 4 bridgehead atoms. The molecule has 0 saturated heterocycles. The molecule has 4 heteroatoms. The summed E-state index contributed by atoms with van der Waals surface area (Å²) in [5, 5.41) is 13.8. The summed E-state index contributed by atoms with van der Waals surface area (Å²) in [5.41, 5.74) is 0.821. The Morgan fingerprint density at radius 1 is 1.04 bits per heavy atom. The first-order valence-electron chi connectivity index (χ1n) is 10.2. The van der Waals surface area contributed by atoms with E-state index in [9.17, 15) is 9.90 Å². The van der Waals surface area contributed by atoms with Gasteiger partial charge in [0.05, 0.1) is 6.54 Å². The van der Waals surface area contributed by atoms with Crippen LogP contribution in [0, 0.1) is 23.2 Å². The van der Waals surface area contributed by atoms with Gasteiger partial charge in [-0.3, -0.25) is 4.79 Å². The SMILES string of the molecule is O=C(NCc1ccc([C@H](O)c2ccccc2)s1)C12CC3CC(CC(C3)C1)C2. The van der Waals surface area contributed by atoms with Crippen molar-refractivity contribution in [3.8, 4) is 0 Å². The average Bonchev–Trinajstić information content (AvgIpc) is 3.14. The van der Waals surface area contributed by atoms with Gasteiger partial charge in [-0.25, -0.2) is 0 Å². The zero-order valence-electron chi connectivity index (χ0n) is 15.6. The van der Waals surface area contributed by atoms with E-state index < -0.39 is 6.10 Å². The van der Waals surface area contributed by atoms with Gasteiger partial charge in [-0.15, -0.1) is 11.3 Å². The molecule has 0 radical (unpaired) electrons. The van der Waals surface area contributed by atoms with Crippen LogP contribution in [0.2, 0.25) is 0 Å². The summed E-state index contributed by atoms with van der Waals surface area (Å²) in [5.74, 6) is 2.64. The van der Waals surface area contributed by atoms with Crippen molar-refractivity contribution in [2.75, 3.05) is 0 Å². The minimum atomic E-state index is -0.594. The van der Waals surface area contributed by atoms with Crippen molar-refractivity contribution in [3.63, 3.8) is 0 Å². The molecule has 1 atom stereocenters. The molecule has 4 fully saturated rings. The number of hydrogen-bond acceptors (Lipinski definition) is 3. The number of carbonyl (C=O) groups excluding carboxylic acids is 1. The summed E-state index contributed by atoms with van der Waals surface area (Å²) in [7, 11) is 0. The van der Waals surface area contributed by atoms with Gasteiger partial charge >= 0.3 is 0 Å². The Kier molecular flexibility index (Phi) is 4.36. The third-order valence-electron chi connectivity index (χ3n) is 7.01. The van der Waals surface area contributed by atoms with Crippen LogP contribution in [0.1, 0.15) is 59.9 Å². The lowest BCUT2D eigenvalue weighted by Crippen LogP contribution is -2.53. The maximum atomic E-state index is 13.1. The smallest absolute Gasteiger partial charge is 0.226 e. The molecule has 27 heavy (non-hydrogen) atoms. The van der Waals surface area contributed by atoms with E-state index in [0.717, 1.165) is 52.3 Å². The summed E-state index contributed by atoms with van der Waals surface area (Å²) in [6.07, 6.45) is 6.80. The minimum absolute atomic E-state index is 0.0849. The first-order valence-corrected chi connectivity index (χ1v) is 11.0. The molecule has 4 aliphatic rings. The Labute approximate surface area is 164 Å². The first-order chi connectivity index (χ1) is 13.1. The lowest BCUT2D eigenvalue weighted by atomic mass is 9.49. The number of carbonyl (C=O) groups is 1. The number of thiophene rings is 1. The molecule has 0 aliphatic heterocycles. The van der Waals surface area contributed by atoms with Gasteiger partial charge in [0.15, 0.2) is 0 Å². The average molecular weight is 382 g/mol. The standard InChI is InChI=1S/C23H27NO2S/c25-21(18-4-2-1-3-5-18)20-7-6-19(27-20)14-24-22(26)23-11-15-8-16(12-23)10-17(9-15)13-23/h1-7,15-17,21,25H,8-14H2,(H,24,26)/t15?,16?,17?,21-,23?/m1/s1. The molecule has 142 valence electrons. The number of hydrogen-bond donors (Lipinski definition) is 2. The van der Waals surface area contributed by atoms with Crippen molar-refractivity contribution < 1.29 is 9.90 Å². The van der Waals surface area contributed by atoms with Gasteiger partial charge in [0.2, 0.25) is 5.91 Å². The fraction of sp³-hybridized carbons (Fsp3) is 0.522. The van der Waals surface area contributed by atoms with Crippen molar-refractivity contribution in [2.45, 2.75) is 51.2 Å². The minimum Gasteiger partial charge on any atom is -0.383 e. The molecular formula is C23H27NO2S. The lowest BCUT2D eigenvalue weighted by molar-refractivity contribution is -0.146. The van der Waals surface area contributed by atoms with E-state index in [4.69, 9.17) is 0 Å². The van der Waals surface area contributed by atoms with Crippen LogP contribution < -0.4 is 5.32 Å². The Bertz CT molecular complexity index is 793. The van der Waals surface area contributed by atoms with Gasteiger partial charge in [-0.2, -0.15) is 0 Å². The maximum absolute atomic E-state index is 13.1. The summed E-state index contributed by atoms with van der Waals surface area (Å²) in [6.45, 7) is 0.576. The molecule has 4 saturated carbocycles. The number of amides is 1. The molecule has 2 aromatic rings. The molecule has 0 spiro atoms. The highest BCUT2D eigenvalue weighted by Gasteiger charge is 2.54. The predicted molar refractivity (Wildman–Crippen MR) is 107 cm³/mol. The predicted octanol–water partition coefficient (Wildman–Crippen LogP) is 4.66. The summed E-state index contributed by atoms with van der Waals surface area (Å²) in [6, 6.07) is 13.7. The van der Waals surface area contributed by atoms with Crippen LogP contribution in [0.5, 0.6) is 0 Å². The van der Waals surface area contributed by atoms with Gasteiger partial charge in [-0.1, -0.05) is 30.3 Å². The van der Waals surface area contributed by atoms with Crippen molar-refractivity contribution in [1.82, 2.24) is 5.32 Å². The van der Waals surface area contributed by atoms with E-state index in [-0.39, 0.29) is 11.3 Å². The second kappa shape index (κ2) is 6.75. The zero-order chi connectivity index (χ0) is 18.4. The molecular weight excluding hydrogens is 354 g/mol. The quantitative estimate of drug-likeness (QED) is 0.791. The van der Waals surface area contributed by atoms with Crippen LogP contribution in [-0.4, -0.2) is 11.0 Å². The highest BCUT2D eigenvalue weighted by atomic mass is 32.1. The number of rotatable bonds is 5. The molecule has 4 aliphatic carbocycles. The van der Waals surface area contributed by atoms with Gasteiger partial charge < -0.3 is 10.4 Å². The Balaban J connectivity index is 1.23. The third kappa shape index (κ3) is 3.23. The third-order valence-corrected chi connectivity index (χ3v) is 8.15. The molecule has 1 heterocycles. The molecule has 1 aromatic carbocycles. The molecule has 1 amide bonds. The summed E-state index contributed by atoms with van der Waals surface area (Å²) in [4.78, 5) is 15.1. The normalized spacial score (nSPS) is 32.4. The molecule has 0 unspecified atom stereocenters. The largest absolute Gasteiger partial charge is 0.383 e. The summed E-state index contributed by atoms with van der Waals surface area (Å²) < 4.78 is 0. The first kappa shape index (κ1) is 17.4. The van der Waals surface area contributed by atoms with E-state index in [0.29, 0.717) is 6.54 Å². The molecule has 3 nitrogen and oxygen atoms in total. The van der Waals surface area contributed by atoms with E-state index >= 15 is 0 Å². The fourth-order valence-electron chi connectivity index (χ4n) is 6.18. The van der Waals surface area contributed by atoms with E-state index in [1.54, 1.807) is 11.3 Å². The molecule has 1 aromatic heterocycles. The topological polar surface area (TPSA) is 49.3 Å². The van der Waals surface area contributed by atoms with E-state index in [1.165, 1.54) is 19.3 Å². The monoisotopic (exact) mass is 381 g/mol. The molecule has 6 rings (SSSR count). The number of benzene rings is 1. The van der Waals surface area contributed by atoms with Crippen LogP contribution >= 0.6 is 11.3 Å². The van der Waals surface area contributed by atoms with Crippen molar-refractivity contribution in [1.29, 1.82) is 0 Å². The Hall–Kier alpha value is -1.65. The van der Waals surface area contributed by atoms with Gasteiger partial charge in [0.25, 0.3) is 0 Å². The van der Waals surface area contributed by atoms with Gasteiger partial charge in [0.1, 0.15) is 6.10 Å². The number of aliphatic hydroxyl groups is 1. The van der Waals surface area contributed by atoms with E-state index in [2.05, 4.69) is 5.32 Å². The van der Waals surface area contributed by atoms with Crippen molar-refractivity contribution in [3.05, 3.63) is 57.8 Å². The van der Waals surface area contributed by atoms with Crippen LogP contribution in [-0.2, 0) is 11.3 Å². The van der Waals surface area contributed by atoms with Crippen molar-refractivity contribution in [2.24, 2.45) is 23.2 Å².